The smallest absolute Gasteiger partial charge is 0.306 e. The van der Waals surface area contributed by atoms with Crippen LogP contribution in [0.2, 0.25) is 0 Å². The Hall–Kier alpha value is -2.89. The number of hydrogen-bond donors (Lipinski definition) is 0. The zero-order valence-corrected chi connectivity index (χ0v) is 34.5. The third-order valence-electron chi connectivity index (χ3n) is 8.98. The van der Waals surface area contributed by atoms with E-state index in [0.29, 0.717) is 19.3 Å². The Kier molecular flexibility index (Phi) is 39.6. The third kappa shape index (κ3) is 40.1. The Morgan fingerprint density at radius 3 is 1.26 bits per heavy atom. The molecule has 0 spiro atoms. The molecule has 0 rings (SSSR count). The number of allylic oxidation sites excluding steroid dienone is 10. The zero-order chi connectivity index (χ0) is 38.7. The third-order valence-corrected chi connectivity index (χ3v) is 8.98. The molecule has 0 aromatic carbocycles. The van der Waals surface area contributed by atoms with E-state index in [2.05, 4.69) is 81.5 Å². The van der Waals surface area contributed by atoms with Crippen LogP contribution in [0, 0.1) is 0 Å². The summed E-state index contributed by atoms with van der Waals surface area (Å²) in [7, 11) is 0. The highest BCUT2D eigenvalue weighted by Crippen LogP contribution is 2.12. The van der Waals surface area contributed by atoms with E-state index in [0.717, 1.165) is 96.3 Å². The molecule has 0 aliphatic heterocycles. The van der Waals surface area contributed by atoms with Crippen LogP contribution in [0.1, 0.15) is 201 Å². The Balaban J connectivity index is 4.47. The first-order chi connectivity index (χ1) is 26.0. The van der Waals surface area contributed by atoms with Crippen molar-refractivity contribution in [2.75, 3.05) is 13.2 Å². The molecule has 0 heterocycles. The van der Waals surface area contributed by atoms with E-state index in [1.807, 2.05) is 0 Å². The highest BCUT2D eigenvalue weighted by Gasteiger charge is 2.19. The van der Waals surface area contributed by atoms with Gasteiger partial charge in [-0.25, -0.2) is 0 Å². The predicted octanol–water partition coefficient (Wildman–Crippen LogP) is 13.7. The Labute approximate surface area is 326 Å². The summed E-state index contributed by atoms with van der Waals surface area (Å²) >= 11 is 0. The average molecular weight is 741 g/mol. The van der Waals surface area contributed by atoms with Crippen molar-refractivity contribution < 1.29 is 28.6 Å². The molecule has 53 heavy (non-hydrogen) atoms. The maximum atomic E-state index is 12.7. The number of hydrogen-bond acceptors (Lipinski definition) is 6. The van der Waals surface area contributed by atoms with Crippen LogP contribution in [0.15, 0.2) is 60.8 Å². The fourth-order valence-electron chi connectivity index (χ4n) is 5.66. The molecule has 304 valence electrons. The van der Waals surface area contributed by atoms with Gasteiger partial charge in [0.2, 0.25) is 0 Å². The largest absolute Gasteiger partial charge is 0.462 e. The van der Waals surface area contributed by atoms with Crippen LogP contribution in [0.25, 0.3) is 0 Å². The monoisotopic (exact) mass is 741 g/mol. The van der Waals surface area contributed by atoms with Crippen LogP contribution < -0.4 is 0 Å². The number of ether oxygens (including phenoxy) is 3. The summed E-state index contributed by atoms with van der Waals surface area (Å²) in [4.78, 5) is 37.6. The summed E-state index contributed by atoms with van der Waals surface area (Å²) in [6.07, 6.45) is 49.2. The van der Waals surface area contributed by atoms with E-state index < -0.39 is 6.10 Å². The van der Waals surface area contributed by atoms with Crippen LogP contribution >= 0.6 is 0 Å². The van der Waals surface area contributed by atoms with Gasteiger partial charge in [-0.1, -0.05) is 146 Å². The highest BCUT2D eigenvalue weighted by molar-refractivity contribution is 5.71. The van der Waals surface area contributed by atoms with Crippen LogP contribution in [-0.2, 0) is 28.6 Å². The number of carbonyl (C=O) groups is 3. The molecule has 1 unspecified atom stereocenters. The van der Waals surface area contributed by atoms with Crippen LogP contribution in [0.3, 0.4) is 0 Å². The van der Waals surface area contributed by atoms with Gasteiger partial charge in [-0.05, 0) is 96.3 Å². The van der Waals surface area contributed by atoms with E-state index in [1.54, 1.807) is 0 Å². The second-order valence-corrected chi connectivity index (χ2v) is 14.2. The summed E-state index contributed by atoms with van der Waals surface area (Å²) in [5.41, 5.74) is 0. The fourth-order valence-corrected chi connectivity index (χ4v) is 5.66. The number of unbranched alkanes of at least 4 members (excludes halogenated alkanes) is 17. The molecule has 0 aliphatic rings. The second kappa shape index (κ2) is 41.9. The lowest BCUT2D eigenvalue weighted by atomic mass is 10.1. The lowest BCUT2D eigenvalue weighted by Gasteiger charge is -2.18. The van der Waals surface area contributed by atoms with Crippen molar-refractivity contribution in [2.24, 2.45) is 0 Å². The zero-order valence-electron chi connectivity index (χ0n) is 34.5. The second-order valence-electron chi connectivity index (χ2n) is 14.2. The van der Waals surface area contributed by atoms with Gasteiger partial charge in [0.25, 0.3) is 0 Å². The van der Waals surface area contributed by atoms with Crippen molar-refractivity contribution in [1.82, 2.24) is 0 Å². The van der Waals surface area contributed by atoms with Crippen molar-refractivity contribution >= 4 is 17.9 Å². The van der Waals surface area contributed by atoms with Crippen molar-refractivity contribution in [3.05, 3.63) is 60.8 Å². The minimum absolute atomic E-state index is 0.0949. The van der Waals surface area contributed by atoms with Gasteiger partial charge >= 0.3 is 17.9 Å². The number of esters is 3. The van der Waals surface area contributed by atoms with E-state index in [1.165, 1.54) is 64.2 Å². The lowest BCUT2D eigenvalue weighted by Crippen LogP contribution is -2.30. The van der Waals surface area contributed by atoms with Gasteiger partial charge in [-0.3, -0.25) is 14.4 Å². The van der Waals surface area contributed by atoms with Gasteiger partial charge in [-0.15, -0.1) is 0 Å². The number of rotatable bonds is 38. The molecule has 0 aromatic heterocycles. The molecule has 0 N–H and O–H groups in total. The van der Waals surface area contributed by atoms with Gasteiger partial charge < -0.3 is 14.2 Å². The predicted molar refractivity (Wildman–Crippen MR) is 224 cm³/mol. The van der Waals surface area contributed by atoms with E-state index in [4.69, 9.17) is 14.2 Å². The normalized spacial score (nSPS) is 12.6. The van der Waals surface area contributed by atoms with E-state index in [9.17, 15) is 14.4 Å². The molecule has 0 bridgehead atoms. The van der Waals surface area contributed by atoms with Gasteiger partial charge in [0.1, 0.15) is 13.2 Å². The minimum Gasteiger partial charge on any atom is -0.462 e. The summed E-state index contributed by atoms with van der Waals surface area (Å²) in [5.74, 6) is -0.961. The maximum absolute atomic E-state index is 12.7. The lowest BCUT2D eigenvalue weighted by molar-refractivity contribution is -0.167. The fraction of sp³-hybridized carbons (Fsp3) is 0.723. The van der Waals surface area contributed by atoms with Crippen LogP contribution in [0.4, 0.5) is 0 Å². The van der Waals surface area contributed by atoms with Crippen LogP contribution in [-0.4, -0.2) is 37.2 Å². The summed E-state index contributed by atoms with van der Waals surface area (Å²) in [5, 5.41) is 0. The van der Waals surface area contributed by atoms with Gasteiger partial charge in [-0.2, -0.15) is 0 Å². The Bertz CT molecular complexity index is 991. The maximum Gasteiger partial charge on any atom is 0.306 e. The molecule has 0 saturated carbocycles. The molecule has 0 saturated heterocycles. The molecule has 6 nitrogen and oxygen atoms in total. The minimum atomic E-state index is -0.793. The highest BCUT2D eigenvalue weighted by atomic mass is 16.6. The number of carbonyl (C=O) groups excluding carboxylic acids is 3. The molecule has 0 amide bonds. The van der Waals surface area contributed by atoms with Crippen molar-refractivity contribution in [3.8, 4) is 0 Å². The quantitative estimate of drug-likeness (QED) is 0.0271. The summed E-state index contributed by atoms with van der Waals surface area (Å²) < 4.78 is 16.6. The van der Waals surface area contributed by atoms with Gasteiger partial charge in [0.05, 0.1) is 0 Å². The summed E-state index contributed by atoms with van der Waals surface area (Å²) in [6, 6.07) is 0. The van der Waals surface area contributed by atoms with Crippen molar-refractivity contribution in [1.29, 1.82) is 0 Å². The molecule has 0 aromatic rings. The van der Waals surface area contributed by atoms with Gasteiger partial charge in [0.15, 0.2) is 6.10 Å². The molecule has 0 aliphatic carbocycles. The van der Waals surface area contributed by atoms with Crippen molar-refractivity contribution in [3.63, 3.8) is 0 Å². The Morgan fingerprint density at radius 2 is 0.755 bits per heavy atom. The average Bonchev–Trinajstić information content (AvgIpc) is 3.15. The van der Waals surface area contributed by atoms with Gasteiger partial charge in [0, 0.05) is 19.3 Å². The SMILES string of the molecule is CC/C=C\C/C=C\C/C=C\CCCCC(=O)OCC(COC(=O)CCCCCCC/C=C\CCCC)OC(=O)CCCCCCC/C=C\CCCCC. The molecule has 0 radical (unpaired) electrons. The van der Waals surface area contributed by atoms with E-state index >= 15 is 0 Å². The van der Waals surface area contributed by atoms with Crippen molar-refractivity contribution in [2.45, 2.75) is 207 Å². The first-order valence-corrected chi connectivity index (χ1v) is 21.8. The first kappa shape index (κ1) is 50.1. The summed E-state index contributed by atoms with van der Waals surface area (Å²) in [6.45, 7) is 6.38. The molecular weight excluding hydrogens is 661 g/mol. The first-order valence-electron chi connectivity index (χ1n) is 21.8. The van der Waals surface area contributed by atoms with Crippen LogP contribution in [0.5, 0.6) is 0 Å². The standard InChI is InChI=1S/C47H80O6/c1-4-7-10-13-16-19-22-25-28-31-34-37-40-46(49)52-43-44(42-51-45(48)39-36-33-30-27-24-21-18-15-12-9-6-3)53-47(50)41-38-35-32-29-26-23-20-17-14-11-8-5-2/h7,10,15-20,25,28,44H,4-6,8-9,11-14,21-24,26-27,29-43H2,1-3H3/b10-7-,18-15-,19-16-,20-17-,28-25-. The molecular formula is C47H80O6. The molecule has 6 heteroatoms. The van der Waals surface area contributed by atoms with E-state index in [-0.39, 0.29) is 31.1 Å². The topological polar surface area (TPSA) is 78.9 Å². The molecule has 1 atom stereocenters. The Morgan fingerprint density at radius 1 is 0.396 bits per heavy atom. The molecule has 0 fully saturated rings.